The van der Waals surface area contributed by atoms with E-state index in [2.05, 4.69) is 5.32 Å². The molecular weight excluding hydrogens is 181 g/mol. The fourth-order valence-corrected chi connectivity index (χ4v) is 1.75. The number of para-hydroxylation sites is 1. The van der Waals surface area contributed by atoms with Crippen LogP contribution in [0.4, 0.5) is 5.69 Å². The molecule has 0 bridgehead atoms. The van der Waals surface area contributed by atoms with E-state index in [-0.39, 0.29) is 10.9 Å². The van der Waals surface area contributed by atoms with Gasteiger partial charge in [-0.15, -0.1) is 11.6 Å². The summed E-state index contributed by atoms with van der Waals surface area (Å²) in [5.41, 5.74) is 1.97. The predicted molar refractivity (Wildman–Crippen MR) is 48.3 cm³/mol. The van der Waals surface area contributed by atoms with Gasteiger partial charge in [0.1, 0.15) is 5.50 Å². The third kappa shape index (κ3) is 1.09. The largest absolute Gasteiger partial charge is 0.367 e. The van der Waals surface area contributed by atoms with Gasteiger partial charge in [-0.25, -0.2) is 0 Å². The Morgan fingerprint density at radius 3 is 2.64 bits per heavy atom. The van der Waals surface area contributed by atoms with Crippen molar-refractivity contribution < 1.29 is 0 Å². The highest BCUT2D eigenvalue weighted by Gasteiger charge is 2.27. The highest BCUT2D eigenvalue weighted by atomic mass is 35.5. The van der Waals surface area contributed by atoms with Crippen molar-refractivity contribution in [2.75, 3.05) is 5.32 Å². The number of fused-ring (bicyclic) bond motifs is 1. The normalized spacial score (nSPS) is 27.8. The van der Waals surface area contributed by atoms with Gasteiger partial charge in [0.2, 0.25) is 0 Å². The number of nitrogens with one attached hydrogen (secondary N) is 1. The molecule has 11 heavy (non-hydrogen) atoms. The first-order valence-corrected chi connectivity index (χ1v) is 4.30. The summed E-state index contributed by atoms with van der Waals surface area (Å²) in [6.07, 6.45) is 0. The van der Waals surface area contributed by atoms with Crippen molar-refractivity contribution in [2.45, 2.75) is 10.9 Å². The summed E-state index contributed by atoms with van der Waals surface area (Å²) < 4.78 is 0. The van der Waals surface area contributed by atoms with Crippen molar-refractivity contribution in [3.8, 4) is 0 Å². The van der Waals surface area contributed by atoms with Gasteiger partial charge in [0.25, 0.3) is 0 Å². The second-order valence-corrected chi connectivity index (χ2v) is 3.48. The molecule has 0 radical (unpaired) electrons. The number of benzene rings is 1. The van der Waals surface area contributed by atoms with Crippen LogP contribution in [0, 0.1) is 0 Å². The van der Waals surface area contributed by atoms with Gasteiger partial charge in [-0.3, -0.25) is 0 Å². The van der Waals surface area contributed by atoms with Crippen molar-refractivity contribution in [2.24, 2.45) is 0 Å². The van der Waals surface area contributed by atoms with Crippen LogP contribution in [0.3, 0.4) is 0 Å². The predicted octanol–water partition coefficient (Wildman–Crippen LogP) is 2.96. The van der Waals surface area contributed by atoms with Crippen LogP contribution >= 0.6 is 23.2 Å². The van der Waals surface area contributed by atoms with Crippen molar-refractivity contribution in [3.63, 3.8) is 0 Å². The van der Waals surface area contributed by atoms with Gasteiger partial charge in [-0.1, -0.05) is 29.8 Å². The number of hydrogen-bond acceptors (Lipinski definition) is 1. The summed E-state index contributed by atoms with van der Waals surface area (Å²) in [6.45, 7) is 0. The fraction of sp³-hybridized carbons (Fsp3) is 0.250. The summed E-state index contributed by atoms with van der Waals surface area (Å²) in [5.74, 6) is 0. The Morgan fingerprint density at radius 1 is 1.18 bits per heavy atom. The molecule has 0 saturated carbocycles. The highest BCUT2D eigenvalue weighted by Crippen LogP contribution is 2.39. The Morgan fingerprint density at radius 2 is 1.91 bits per heavy atom. The quantitative estimate of drug-likeness (QED) is 0.487. The molecule has 0 spiro atoms. The van der Waals surface area contributed by atoms with E-state index < -0.39 is 0 Å². The van der Waals surface area contributed by atoms with Gasteiger partial charge in [0, 0.05) is 5.69 Å². The van der Waals surface area contributed by atoms with Crippen molar-refractivity contribution >= 4 is 28.9 Å². The lowest BCUT2D eigenvalue weighted by Gasteiger charge is -2.03. The third-order valence-corrected chi connectivity index (χ3v) is 2.79. The van der Waals surface area contributed by atoms with E-state index in [0.717, 1.165) is 11.3 Å². The molecule has 1 aliphatic heterocycles. The van der Waals surface area contributed by atoms with Crippen LogP contribution in [0.15, 0.2) is 24.3 Å². The average Bonchev–Trinajstić information content (AvgIpc) is 2.30. The van der Waals surface area contributed by atoms with E-state index in [0.29, 0.717) is 0 Å². The van der Waals surface area contributed by atoms with Gasteiger partial charge < -0.3 is 5.32 Å². The highest BCUT2D eigenvalue weighted by molar-refractivity contribution is 6.32. The fourth-order valence-electron chi connectivity index (χ4n) is 1.25. The third-order valence-electron chi connectivity index (χ3n) is 1.81. The van der Waals surface area contributed by atoms with Gasteiger partial charge in [-0.05, 0) is 11.6 Å². The minimum absolute atomic E-state index is 0.104. The lowest BCUT2D eigenvalue weighted by molar-refractivity contribution is 0.975. The number of alkyl halides is 2. The van der Waals surface area contributed by atoms with E-state index in [4.69, 9.17) is 23.2 Å². The van der Waals surface area contributed by atoms with Crippen molar-refractivity contribution in [3.05, 3.63) is 29.8 Å². The zero-order chi connectivity index (χ0) is 7.84. The Kier molecular flexibility index (Phi) is 1.70. The smallest absolute Gasteiger partial charge is 0.122 e. The van der Waals surface area contributed by atoms with Crippen LogP contribution in [-0.2, 0) is 0 Å². The molecule has 2 atom stereocenters. The molecule has 1 heterocycles. The maximum atomic E-state index is 6.00. The van der Waals surface area contributed by atoms with Gasteiger partial charge in [0.15, 0.2) is 0 Å². The second-order valence-electron chi connectivity index (χ2n) is 2.54. The maximum absolute atomic E-state index is 6.00. The Hall–Kier alpha value is -0.400. The molecule has 58 valence electrons. The number of halogens is 2. The molecule has 0 aromatic heterocycles. The zero-order valence-electron chi connectivity index (χ0n) is 5.72. The maximum Gasteiger partial charge on any atom is 0.122 e. The van der Waals surface area contributed by atoms with Gasteiger partial charge in [0.05, 0.1) is 5.38 Å². The summed E-state index contributed by atoms with van der Waals surface area (Å²) in [5, 5.41) is 2.98. The molecule has 1 N–H and O–H groups in total. The minimum atomic E-state index is -0.172. The van der Waals surface area contributed by atoms with E-state index >= 15 is 0 Å². The second kappa shape index (κ2) is 2.58. The Balaban J connectivity index is 2.47. The van der Waals surface area contributed by atoms with Crippen LogP contribution in [0.1, 0.15) is 10.9 Å². The zero-order valence-corrected chi connectivity index (χ0v) is 7.23. The van der Waals surface area contributed by atoms with E-state index in [1.54, 1.807) is 0 Å². The van der Waals surface area contributed by atoms with Crippen LogP contribution in [0.2, 0.25) is 0 Å². The summed E-state index contributed by atoms with van der Waals surface area (Å²) >= 11 is 11.9. The lowest BCUT2D eigenvalue weighted by atomic mass is 10.2. The van der Waals surface area contributed by atoms with Crippen LogP contribution in [0.5, 0.6) is 0 Å². The molecule has 3 heteroatoms. The molecule has 0 aliphatic carbocycles. The summed E-state index contributed by atoms with van der Waals surface area (Å²) in [6, 6.07) is 7.89. The molecule has 1 nitrogen and oxygen atoms in total. The molecule has 1 aromatic rings. The molecule has 0 fully saturated rings. The summed E-state index contributed by atoms with van der Waals surface area (Å²) in [4.78, 5) is 0. The van der Waals surface area contributed by atoms with E-state index in [1.165, 1.54) is 0 Å². The monoisotopic (exact) mass is 187 g/mol. The van der Waals surface area contributed by atoms with Gasteiger partial charge >= 0.3 is 0 Å². The molecule has 2 rings (SSSR count). The van der Waals surface area contributed by atoms with Crippen molar-refractivity contribution in [1.82, 2.24) is 0 Å². The molecule has 0 amide bonds. The minimum Gasteiger partial charge on any atom is -0.367 e. The number of hydrogen-bond donors (Lipinski definition) is 1. The topological polar surface area (TPSA) is 12.0 Å². The first kappa shape index (κ1) is 7.26. The lowest BCUT2D eigenvalue weighted by Crippen LogP contribution is -2.07. The molecule has 0 saturated heterocycles. The van der Waals surface area contributed by atoms with Crippen molar-refractivity contribution in [1.29, 1.82) is 0 Å². The average molecular weight is 188 g/mol. The first-order valence-electron chi connectivity index (χ1n) is 3.42. The van der Waals surface area contributed by atoms with Gasteiger partial charge in [-0.2, -0.15) is 0 Å². The van der Waals surface area contributed by atoms with Crippen LogP contribution in [-0.4, -0.2) is 5.50 Å². The van der Waals surface area contributed by atoms with Crippen LogP contribution in [0.25, 0.3) is 0 Å². The Bertz CT molecular complexity index is 275. The van der Waals surface area contributed by atoms with E-state index in [9.17, 15) is 0 Å². The molecule has 1 aliphatic rings. The molecule has 2 unspecified atom stereocenters. The molecule has 1 aromatic carbocycles. The SMILES string of the molecule is ClC1Nc2ccccc2C1Cl. The molecular formula is C8H7Cl2N. The van der Waals surface area contributed by atoms with E-state index in [1.807, 2.05) is 24.3 Å². The number of anilines is 1. The Labute approximate surface area is 75.3 Å². The summed E-state index contributed by atoms with van der Waals surface area (Å²) in [7, 11) is 0. The van der Waals surface area contributed by atoms with Crippen LogP contribution < -0.4 is 5.32 Å². The first-order chi connectivity index (χ1) is 5.29. The standard InChI is InChI=1S/C8H7Cl2N/c9-7-5-3-1-2-4-6(5)11-8(7)10/h1-4,7-8,11H. The number of rotatable bonds is 0.